The lowest BCUT2D eigenvalue weighted by atomic mass is 9.97. The maximum Gasteiger partial charge on any atom is 0.222 e. The molecular weight excluding hydrogens is 238 g/mol. The molecule has 2 bridgehead atoms. The Morgan fingerprint density at radius 1 is 1.24 bits per heavy atom. The molecule has 5 heteroatoms. The molecule has 1 saturated carbocycles. The van der Waals surface area contributed by atoms with Crippen LogP contribution >= 0.6 is 11.6 Å². The van der Waals surface area contributed by atoms with E-state index in [2.05, 4.69) is 14.9 Å². The fourth-order valence-corrected chi connectivity index (χ4v) is 2.99. The molecule has 2 aliphatic rings. The van der Waals surface area contributed by atoms with Gasteiger partial charge in [0, 0.05) is 49.4 Å². The Kier molecular flexibility index (Phi) is 2.84. The molecule has 4 nitrogen and oxygen atoms in total. The standard InChI is InChI=1S/C12H14ClN3O/c13-12-14-3-8(4-15-12)5-16-6-9-1-2-10(7-16)11(9)17/h3-4,9-10H,1-2,5-7H2. The second-order valence-corrected chi connectivity index (χ2v) is 5.27. The van der Waals surface area contributed by atoms with Crippen LogP contribution in [0.3, 0.4) is 0 Å². The summed E-state index contributed by atoms with van der Waals surface area (Å²) in [5, 5.41) is 0.280. The SMILES string of the molecule is O=C1C2CCC1CN(Cc1cnc(Cl)nc1)C2. The van der Waals surface area contributed by atoms with Crippen molar-refractivity contribution < 1.29 is 4.79 Å². The molecule has 1 aromatic heterocycles. The van der Waals surface area contributed by atoms with Gasteiger partial charge in [-0.3, -0.25) is 9.69 Å². The van der Waals surface area contributed by atoms with Crippen LogP contribution in [0.15, 0.2) is 12.4 Å². The third-order valence-corrected chi connectivity index (χ3v) is 3.90. The van der Waals surface area contributed by atoms with E-state index in [-0.39, 0.29) is 17.1 Å². The molecule has 0 N–H and O–H groups in total. The number of hydrogen-bond donors (Lipinski definition) is 0. The first-order chi connectivity index (χ1) is 8.22. The van der Waals surface area contributed by atoms with Gasteiger partial charge in [0.05, 0.1) is 0 Å². The first kappa shape index (κ1) is 11.1. The van der Waals surface area contributed by atoms with Gasteiger partial charge in [0.15, 0.2) is 0 Å². The van der Waals surface area contributed by atoms with Gasteiger partial charge in [-0.15, -0.1) is 0 Å². The van der Waals surface area contributed by atoms with Crippen LogP contribution in [0.1, 0.15) is 18.4 Å². The second kappa shape index (κ2) is 4.35. The molecule has 0 spiro atoms. The Morgan fingerprint density at radius 2 is 1.82 bits per heavy atom. The van der Waals surface area contributed by atoms with Gasteiger partial charge in [-0.1, -0.05) is 0 Å². The molecule has 17 heavy (non-hydrogen) atoms. The average molecular weight is 252 g/mol. The van der Waals surface area contributed by atoms with E-state index in [1.807, 2.05) is 0 Å². The van der Waals surface area contributed by atoms with Gasteiger partial charge in [0.2, 0.25) is 5.28 Å². The topological polar surface area (TPSA) is 46.1 Å². The number of carbonyl (C=O) groups excluding carboxylic acids is 1. The van der Waals surface area contributed by atoms with Crippen LogP contribution in [0, 0.1) is 11.8 Å². The minimum Gasteiger partial charge on any atom is -0.299 e. The van der Waals surface area contributed by atoms with E-state index in [0.29, 0.717) is 5.78 Å². The van der Waals surface area contributed by atoms with Crippen LogP contribution < -0.4 is 0 Å². The predicted molar refractivity (Wildman–Crippen MR) is 63.5 cm³/mol. The van der Waals surface area contributed by atoms with Crippen molar-refractivity contribution in [2.45, 2.75) is 19.4 Å². The van der Waals surface area contributed by atoms with Crippen molar-refractivity contribution in [3.05, 3.63) is 23.2 Å². The molecule has 0 aromatic carbocycles. The first-order valence-corrected chi connectivity index (χ1v) is 6.32. The number of likely N-dealkylation sites (tertiary alicyclic amines) is 1. The maximum absolute atomic E-state index is 11.8. The zero-order valence-electron chi connectivity index (χ0n) is 9.47. The molecule has 1 aliphatic heterocycles. The molecular formula is C12H14ClN3O. The smallest absolute Gasteiger partial charge is 0.222 e. The number of halogens is 1. The van der Waals surface area contributed by atoms with Crippen LogP contribution in [0.25, 0.3) is 0 Å². The molecule has 1 aromatic rings. The summed E-state index contributed by atoms with van der Waals surface area (Å²) >= 11 is 5.65. The highest BCUT2D eigenvalue weighted by molar-refractivity contribution is 6.28. The van der Waals surface area contributed by atoms with Crippen molar-refractivity contribution >= 4 is 17.4 Å². The first-order valence-electron chi connectivity index (χ1n) is 5.95. The van der Waals surface area contributed by atoms with Crippen LogP contribution in [-0.4, -0.2) is 33.7 Å². The molecule has 2 fully saturated rings. The lowest BCUT2D eigenvalue weighted by Crippen LogP contribution is -2.41. The summed E-state index contributed by atoms with van der Waals surface area (Å²) in [4.78, 5) is 22.0. The number of hydrogen-bond acceptors (Lipinski definition) is 4. The Morgan fingerprint density at radius 3 is 2.41 bits per heavy atom. The molecule has 0 amide bonds. The Bertz CT molecular complexity index is 418. The van der Waals surface area contributed by atoms with Gasteiger partial charge in [0.25, 0.3) is 0 Å². The van der Waals surface area contributed by atoms with E-state index >= 15 is 0 Å². The summed E-state index contributed by atoms with van der Waals surface area (Å²) in [6.07, 6.45) is 5.65. The number of fused-ring (bicyclic) bond motifs is 2. The van der Waals surface area contributed by atoms with E-state index in [4.69, 9.17) is 11.6 Å². The van der Waals surface area contributed by atoms with Crippen LogP contribution in [0.2, 0.25) is 5.28 Å². The van der Waals surface area contributed by atoms with Crippen molar-refractivity contribution in [3.8, 4) is 0 Å². The highest BCUT2D eigenvalue weighted by Gasteiger charge is 2.40. The molecule has 2 heterocycles. The fourth-order valence-electron chi connectivity index (χ4n) is 2.89. The molecule has 1 aliphatic carbocycles. The Balaban J connectivity index is 1.67. The fraction of sp³-hybridized carbons (Fsp3) is 0.583. The molecule has 1 saturated heterocycles. The van der Waals surface area contributed by atoms with Crippen molar-refractivity contribution in [1.82, 2.24) is 14.9 Å². The summed E-state index contributed by atoms with van der Waals surface area (Å²) in [6, 6.07) is 0. The quantitative estimate of drug-likeness (QED) is 0.748. The summed E-state index contributed by atoms with van der Waals surface area (Å²) in [5.74, 6) is 1.01. The minimum atomic E-state index is 0.266. The lowest BCUT2D eigenvalue weighted by Gasteiger charge is -2.30. The van der Waals surface area contributed by atoms with E-state index in [1.165, 1.54) is 0 Å². The van der Waals surface area contributed by atoms with Crippen LogP contribution in [-0.2, 0) is 11.3 Å². The monoisotopic (exact) mass is 251 g/mol. The van der Waals surface area contributed by atoms with Gasteiger partial charge in [-0.05, 0) is 24.4 Å². The van der Waals surface area contributed by atoms with Crippen molar-refractivity contribution in [2.75, 3.05) is 13.1 Å². The number of piperidine rings is 1. The number of rotatable bonds is 2. The van der Waals surface area contributed by atoms with Crippen LogP contribution in [0.5, 0.6) is 0 Å². The minimum absolute atomic E-state index is 0.266. The zero-order chi connectivity index (χ0) is 11.8. The molecule has 2 atom stereocenters. The predicted octanol–water partition coefficient (Wildman–Crippen LogP) is 1.54. The van der Waals surface area contributed by atoms with Crippen molar-refractivity contribution in [3.63, 3.8) is 0 Å². The average Bonchev–Trinajstić information content (AvgIpc) is 2.55. The largest absolute Gasteiger partial charge is 0.299 e. The number of ketones is 1. The van der Waals surface area contributed by atoms with Crippen molar-refractivity contribution in [2.24, 2.45) is 11.8 Å². The van der Waals surface area contributed by atoms with E-state index in [9.17, 15) is 4.79 Å². The highest BCUT2D eigenvalue weighted by atomic mass is 35.5. The number of aromatic nitrogens is 2. The lowest BCUT2D eigenvalue weighted by molar-refractivity contribution is -0.127. The maximum atomic E-state index is 11.8. The van der Waals surface area contributed by atoms with Gasteiger partial charge < -0.3 is 0 Å². The molecule has 2 unspecified atom stereocenters. The van der Waals surface area contributed by atoms with Crippen molar-refractivity contribution in [1.29, 1.82) is 0 Å². The Labute approximate surface area is 105 Å². The zero-order valence-corrected chi connectivity index (χ0v) is 10.2. The van der Waals surface area contributed by atoms with Gasteiger partial charge in [0.1, 0.15) is 5.78 Å². The third kappa shape index (κ3) is 2.19. The normalized spacial score (nSPS) is 28.6. The van der Waals surface area contributed by atoms with Gasteiger partial charge >= 0.3 is 0 Å². The third-order valence-electron chi connectivity index (χ3n) is 3.71. The number of carbonyl (C=O) groups is 1. The van der Waals surface area contributed by atoms with Gasteiger partial charge in [-0.2, -0.15) is 0 Å². The van der Waals surface area contributed by atoms with E-state index < -0.39 is 0 Å². The summed E-state index contributed by atoms with van der Waals surface area (Å²) in [7, 11) is 0. The summed E-state index contributed by atoms with van der Waals surface area (Å²) in [6.45, 7) is 2.59. The molecule has 0 radical (unpaired) electrons. The second-order valence-electron chi connectivity index (χ2n) is 4.93. The summed E-state index contributed by atoms with van der Waals surface area (Å²) in [5.41, 5.74) is 1.06. The number of Topliss-reactive ketones (excluding diaryl/α,β-unsaturated/α-hetero) is 1. The Hall–Kier alpha value is -1.00. The summed E-state index contributed by atoms with van der Waals surface area (Å²) < 4.78 is 0. The van der Waals surface area contributed by atoms with Gasteiger partial charge in [-0.25, -0.2) is 9.97 Å². The van der Waals surface area contributed by atoms with E-state index in [0.717, 1.165) is 38.0 Å². The van der Waals surface area contributed by atoms with Crippen LogP contribution in [0.4, 0.5) is 0 Å². The molecule has 3 rings (SSSR count). The molecule has 90 valence electrons. The van der Waals surface area contributed by atoms with E-state index in [1.54, 1.807) is 12.4 Å². The highest BCUT2D eigenvalue weighted by Crippen LogP contribution is 2.33. The number of nitrogens with zero attached hydrogens (tertiary/aromatic N) is 3.